The lowest BCUT2D eigenvalue weighted by Gasteiger charge is -2.14. The van der Waals surface area contributed by atoms with Gasteiger partial charge in [-0.25, -0.2) is 0 Å². The van der Waals surface area contributed by atoms with E-state index in [0.717, 1.165) is 11.4 Å². The monoisotopic (exact) mass is 222 g/mol. The van der Waals surface area contributed by atoms with Crippen molar-refractivity contribution in [3.63, 3.8) is 0 Å². The minimum Gasteiger partial charge on any atom is -0.300 e. The molecule has 0 spiro atoms. The molecule has 0 radical (unpaired) electrons. The van der Waals surface area contributed by atoms with E-state index in [1.54, 1.807) is 6.92 Å². The average Bonchev–Trinajstić information content (AvgIpc) is 2.45. The van der Waals surface area contributed by atoms with E-state index in [4.69, 9.17) is 0 Å². The van der Waals surface area contributed by atoms with Crippen LogP contribution in [0.4, 0.5) is 0 Å². The van der Waals surface area contributed by atoms with Gasteiger partial charge in [0.05, 0.1) is 5.69 Å². The van der Waals surface area contributed by atoms with Gasteiger partial charge in [0.15, 0.2) is 0 Å². The molecule has 1 heterocycles. The molecule has 0 N–H and O–H groups in total. The minimum absolute atomic E-state index is 0.0334. The van der Waals surface area contributed by atoms with Crippen molar-refractivity contribution in [2.24, 2.45) is 0 Å². The third kappa shape index (κ3) is 2.94. The predicted molar refractivity (Wildman–Crippen MR) is 65.7 cm³/mol. The van der Waals surface area contributed by atoms with Gasteiger partial charge < -0.3 is 0 Å². The number of rotatable bonds is 3. The van der Waals surface area contributed by atoms with Gasteiger partial charge in [-0.05, 0) is 26.8 Å². The number of nitrogens with zero attached hydrogens (tertiary/aromatic N) is 2. The number of hydrogen-bond donors (Lipinski definition) is 0. The first-order valence-corrected chi connectivity index (χ1v) is 5.80. The molecule has 3 heteroatoms. The summed E-state index contributed by atoms with van der Waals surface area (Å²) in [6.07, 6.45) is 0.473. The third-order valence-electron chi connectivity index (χ3n) is 2.50. The van der Waals surface area contributed by atoms with Crippen LogP contribution in [0, 0.1) is 0 Å². The van der Waals surface area contributed by atoms with Crippen molar-refractivity contribution < 1.29 is 4.79 Å². The second kappa shape index (κ2) is 4.40. The molecule has 0 aliphatic carbocycles. The Morgan fingerprint density at radius 2 is 2.00 bits per heavy atom. The van der Waals surface area contributed by atoms with Gasteiger partial charge in [0.2, 0.25) is 0 Å². The van der Waals surface area contributed by atoms with Crippen LogP contribution in [0.1, 0.15) is 59.0 Å². The van der Waals surface area contributed by atoms with Gasteiger partial charge in [-0.3, -0.25) is 9.48 Å². The summed E-state index contributed by atoms with van der Waals surface area (Å²) in [5, 5.41) is 4.60. The van der Waals surface area contributed by atoms with Gasteiger partial charge in [0.1, 0.15) is 5.78 Å². The molecule has 16 heavy (non-hydrogen) atoms. The Balaban J connectivity index is 3.15. The molecule has 0 fully saturated rings. The van der Waals surface area contributed by atoms with Crippen molar-refractivity contribution >= 4 is 5.78 Å². The molecule has 0 aliphatic heterocycles. The zero-order valence-corrected chi connectivity index (χ0v) is 11.2. The molecule has 0 atom stereocenters. The smallest absolute Gasteiger partial charge is 0.135 e. The Labute approximate surface area is 97.8 Å². The Morgan fingerprint density at radius 1 is 1.44 bits per heavy atom. The topological polar surface area (TPSA) is 34.9 Å². The van der Waals surface area contributed by atoms with E-state index in [-0.39, 0.29) is 11.2 Å². The first-order valence-electron chi connectivity index (χ1n) is 5.80. The van der Waals surface area contributed by atoms with Crippen LogP contribution in [0.5, 0.6) is 0 Å². The fourth-order valence-electron chi connectivity index (χ4n) is 1.63. The van der Waals surface area contributed by atoms with Crippen molar-refractivity contribution in [3.8, 4) is 0 Å². The van der Waals surface area contributed by atoms with Gasteiger partial charge in [0.25, 0.3) is 0 Å². The molecule has 0 saturated carbocycles. The van der Waals surface area contributed by atoms with E-state index in [1.165, 1.54) is 0 Å². The highest BCUT2D eigenvalue weighted by Crippen LogP contribution is 2.23. The number of ketones is 1. The molecule has 1 rings (SSSR count). The molecule has 1 aromatic heterocycles. The maximum Gasteiger partial charge on any atom is 0.135 e. The molecule has 1 aromatic rings. The van der Waals surface area contributed by atoms with E-state index in [9.17, 15) is 4.79 Å². The molecular weight excluding hydrogens is 200 g/mol. The van der Waals surface area contributed by atoms with Crippen molar-refractivity contribution in [3.05, 3.63) is 17.5 Å². The Hall–Kier alpha value is -1.12. The highest BCUT2D eigenvalue weighted by molar-refractivity contribution is 5.77. The Morgan fingerprint density at radius 3 is 2.38 bits per heavy atom. The molecule has 3 nitrogen and oxygen atoms in total. The third-order valence-corrected chi connectivity index (χ3v) is 2.50. The van der Waals surface area contributed by atoms with Crippen LogP contribution < -0.4 is 0 Å². The molecule has 0 saturated heterocycles. The van der Waals surface area contributed by atoms with Crippen LogP contribution >= 0.6 is 0 Å². The normalized spacial score (nSPS) is 12.2. The summed E-state index contributed by atoms with van der Waals surface area (Å²) in [6, 6.07) is 2.35. The summed E-state index contributed by atoms with van der Waals surface area (Å²) in [6.45, 7) is 12.2. The van der Waals surface area contributed by atoms with Gasteiger partial charge in [0, 0.05) is 23.6 Å². The largest absolute Gasteiger partial charge is 0.300 e. The maximum atomic E-state index is 11.2. The van der Waals surface area contributed by atoms with Crippen LogP contribution in [0.25, 0.3) is 0 Å². The number of carbonyl (C=O) groups is 1. The zero-order chi connectivity index (χ0) is 12.5. The number of hydrogen-bond acceptors (Lipinski definition) is 2. The lowest BCUT2D eigenvalue weighted by molar-refractivity contribution is -0.116. The van der Waals surface area contributed by atoms with Crippen LogP contribution in [-0.4, -0.2) is 15.6 Å². The molecule has 0 aliphatic rings. The number of aromatic nitrogens is 2. The number of carbonyl (C=O) groups excluding carboxylic acids is 1. The second-order valence-corrected chi connectivity index (χ2v) is 5.69. The lowest BCUT2D eigenvalue weighted by atomic mass is 9.92. The first-order chi connectivity index (χ1) is 7.21. The minimum atomic E-state index is 0.0334. The molecule has 90 valence electrons. The van der Waals surface area contributed by atoms with Gasteiger partial charge in [-0.2, -0.15) is 5.10 Å². The summed E-state index contributed by atoms with van der Waals surface area (Å²) in [7, 11) is 0. The molecule has 0 amide bonds. The Bertz CT molecular complexity index is 383. The SMILES string of the molecule is CC(=O)Cc1cc(C(C)(C)C)nn1C(C)C. The summed E-state index contributed by atoms with van der Waals surface area (Å²) in [5.74, 6) is 0.183. The summed E-state index contributed by atoms with van der Waals surface area (Å²) < 4.78 is 1.96. The van der Waals surface area contributed by atoms with Crippen molar-refractivity contribution in [1.82, 2.24) is 9.78 Å². The summed E-state index contributed by atoms with van der Waals surface area (Å²) in [4.78, 5) is 11.2. The van der Waals surface area contributed by atoms with Crippen LogP contribution in [0.2, 0.25) is 0 Å². The van der Waals surface area contributed by atoms with Gasteiger partial charge in [-0.15, -0.1) is 0 Å². The molecule has 0 bridgehead atoms. The standard InChI is InChI=1S/C13H22N2O/c1-9(2)15-11(7-10(3)16)8-12(14-15)13(4,5)6/h8-9H,7H2,1-6H3. The van der Waals surface area contributed by atoms with E-state index in [2.05, 4.69) is 45.8 Å². The first kappa shape index (κ1) is 12.9. The summed E-state index contributed by atoms with van der Waals surface area (Å²) >= 11 is 0. The highest BCUT2D eigenvalue weighted by Gasteiger charge is 2.21. The predicted octanol–water partition coefficient (Wildman–Crippen LogP) is 2.89. The van der Waals surface area contributed by atoms with E-state index in [0.29, 0.717) is 12.5 Å². The van der Waals surface area contributed by atoms with Crippen molar-refractivity contribution in [1.29, 1.82) is 0 Å². The van der Waals surface area contributed by atoms with E-state index < -0.39 is 0 Å². The lowest BCUT2D eigenvalue weighted by Crippen LogP contribution is -2.14. The zero-order valence-electron chi connectivity index (χ0n) is 11.2. The van der Waals surface area contributed by atoms with E-state index >= 15 is 0 Å². The fourth-order valence-corrected chi connectivity index (χ4v) is 1.63. The van der Waals surface area contributed by atoms with Crippen LogP contribution in [0.3, 0.4) is 0 Å². The number of Topliss-reactive ketones (excluding diaryl/α,β-unsaturated/α-hetero) is 1. The van der Waals surface area contributed by atoms with Crippen molar-refractivity contribution in [2.45, 2.75) is 59.4 Å². The second-order valence-electron chi connectivity index (χ2n) is 5.69. The maximum absolute atomic E-state index is 11.2. The van der Waals surface area contributed by atoms with Crippen molar-refractivity contribution in [2.75, 3.05) is 0 Å². The van der Waals surface area contributed by atoms with E-state index in [1.807, 2.05) is 4.68 Å². The average molecular weight is 222 g/mol. The Kier molecular flexibility index (Phi) is 3.56. The molecule has 0 aromatic carbocycles. The molecular formula is C13H22N2O. The van der Waals surface area contributed by atoms with Crippen LogP contribution in [0.15, 0.2) is 6.07 Å². The van der Waals surface area contributed by atoms with Gasteiger partial charge >= 0.3 is 0 Å². The van der Waals surface area contributed by atoms with Gasteiger partial charge in [-0.1, -0.05) is 20.8 Å². The fraction of sp³-hybridized carbons (Fsp3) is 0.692. The van der Waals surface area contributed by atoms with Crippen LogP contribution in [-0.2, 0) is 16.6 Å². The molecule has 0 unspecified atom stereocenters. The summed E-state index contributed by atoms with van der Waals surface area (Å²) in [5.41, 5.74) is 2.11. The highest BCUT2D eigenvalue weighted by atomic mass is 16.1. The quantitative estimate of drug-likeness (QED) is 0.788.